The van der Waals surface area contributed by atoms with Crippen LogP contribution in [-0.4, -0.2) is 28.3 Å². The first kappa shape index (κ1) is 20.3. The molecule has 0 unspecified atom stereocenters. The van der Waals surface area contributed by atoms with Crippen molar-refractivity contribution in [2.45, 2.75) is 39.7 Å². The molecule has 1 atom stereocenters. The molecule has 0 spiro atoms. The predicted molar refractivity (Wildman–Crippen MR) is 118 cm³/mol. The topological polar surface area (TPSA) is 85.6 Å². The molecule has 0 bridgehead atoms. The van der Waals surface area contributed by atoms with Gasteiger partial charge in [0, 0.05) is 10.4 Å². The van der Waals surface area contributed by atoms with Crippen LogP contribution in [0.15, 0.2) is 40.5 Å². The lowest BCUT2D eigenvalue weighted by Crippen LogP contribution is -2.30. The van der Waals surface area contributed by atoms with Crippen LogP contribution in [0.1, 0.15) is 36.3 Å². The van der Waals surface area contributed by atoms with Crippen molar-refractivity contribution in [2.75, 3.05) is 6.61 Å². The monoisotopic (exact) mass is 424 g/mol. The molecule has 2 aromatic heterocycles. The van der Waals surface area contributed by atoms with Gasteiger partial charge >= 0.3 is 0 Å². The summed E-state index contributed by atoms with van der Waals surface area (Å²) >= 11 is 1.60. The van der Waals surface area contributed by atoms with Crippen molar-refractivity contribution in [3.8, 4) is 5.75 Å². The zero-order valence-corrected chi connectivity index (χ0v) is 17.9. The van der Waals surface area contributed by atoms with Crippen molar-refractivity contribution in [1.29, 1.82) is 0 Å². The molecule has 3 aromatic rings. The molecule has 1 aromatic carbocycles. The lowest BCUT2D eigenvalue weighted by atomic mass is 9.89. The van der Waals surface area contributed by atoms with E-state index in [4.69, 9.17) is 4.74 Å². The van der Waals surface area contributed by atoms with E-state index in [0.717, 1.165) is 35.2 Å². The number of aromatic nitrogens is 2. The summed E-state index contributed by atoms with van der Waals surface area (Å²) in [6, 6.07) is 7.44. The van der Waals surface area contributed by atoms with Crippen LogP contribution in [0.2, 0.25) is 0 Å². The highest BCUT2D eigenvalue weighted by Gasteiger charge is 2.23. The first-order valence-corrected chi connectivity index (χ1v) is 10.9. The van der Waals surface area contributed by atoms with Gasteiger partial charge < -0.3 is 4.74 Å². The van der Waals surface area contributed by atoms with Gasteiger partial charge in [-0.25, -0.2) is 10.4 Å². The largest absolute Gasteiger partial charge is 0.493 e. The van der Waals surface area contributed by atoms with Crippen LogP contribution in [0.4, 0.5) is 0 Å². The summed E-state index contributed by atoms with van der Waals surface area (Å²) in [5.74, 6) is 0.936. The third-order valence-electron chi connectivity index (χ3n) is 5.21. The van der Waals surface area contributed by atoms with Gasteiger partial charge in [-0.15, -0.1) is 11.3 Å². The van der Waals surface area contributed by atoms with Crippen LogP contribution in [0, 0.1) is 5.92 Å². The lowest BCUT2D eigenvalue weighted by Gasteiger charge is -2.17. The molecule has 4 rings (SSSR count). The number of carbonyl (C=O) groups excluding carboxylic acids is 1. The van der Waals surface area contributed by atoms with E-state index in [2.05, 4.69) is 22.4 Å². The molecule has 30 heavy (non-hydrogen) atoms. The maximum atomic E-state index is 13.0. The number of rotatable bonds is 6. The van der Waals surface area contributed by atoms with Gasteiger partial charge in [0.1, 0.15) is 17.1 Å². The van der Waals surface area contributed by atoms with Gasteiger partial charge in [0.25, 0.3) is 11.5 Å². The van der Waals surface area contributed by atoms with Crippen molar-refractivity contribution in [1.82, 2.24) is 15.0 Å². The molecular weight excluding hydrogens is 400 g/mol. The minimum Gasteiger partial charge on any atom is -0.493 e. The van der Waals surface area contributed by atoms with Crippen LogP contribution in [-0.2, 0) is 24.2 Å². The van der Waals surface area contributed by atoms with Crippen molar-refractivity contribution in [2.24, 2.45) is 11.0 Å². The third-order valence-corrected chi connectivity index (χ3v) is 6.37. The number of carbonyl (C=O) groups is 1. The van der Waals surface area contributed by atoms with E-state index in [9.17, 15) is 9.59 Å². The Balaban J connectivity index is 1.49. The number of nitrogens with zero attached hydrogens (tertiary/aromatic N) is 3. The van der Waals surface area contributed by atoms with Crippen molar-refractivity contribution >= 4 is 33.7 Å². The molecule has 7 nitrogen and oxygen atoms in total. The molecule has 8 heteroatoms. The smallest absolute Gasteiger partial charge is 0.262 e. The number of hydrogen-bond acceptors (Lipinski definition) is 6. The Labute approximate surface area is 178 Å². The second-order valence-electron chi connectivity index (χ2n) is 7.47. The van der Waals surface area contributed by atoms with Gasteiger partial charge in [0.15, 0.2) is 0 Å². The van der Waals surface area contributed by atoms with Crippen LogP contribution < -0.4 is 15.7 Å². The first-order chi connectivity index (χ1) is 14.6. The number of fused-ring (bicyclic) bond motifs is 3. The Morgan fingerprint density at radius 1 is 1.43 bits per heavy atom. The number of ether oxygens (including phenoxy) is 1. The van der Waals surface area contributed by atoms with Crippen LogP contribution in [0.25, 0.3) is 10.2 Å². The number of aryl methyl sites for hydroxylation is 1. The molecule has 156 valence electrons. The Kier molecular flexibility index (Phi) is 5.94. The minimum absolute atomic E-state index is 0.132. The third kappa shape index (κ3) is 4.14. The molecule has 0 saturated carbocycles. The highest BCUT2D eigenvalue weighted by atomic mass is 32.1. The van der Waals surface area contributed by atoms with E-state index in [1.807, 2.05) is 31.2 Å². The summed E-state index contributed by atoms with van der Waals surface area (Å²) in [4.78, 5) is 31.8. The van der Waals surface area contributed by atoms with E-state index in [1.165, 1.54) is 22.0 Å². The zero-order valence-electron chi connectivity index (χ0n) is 17.1. The Bertz CT molecular complexity index is 1160. The average molecular weight is 425 g/mol. The van der Waals surface area contributed by atoms with Gasteiger partial charge in [0.05, 0.1) is 24.5 Å². The Hall–Kier alpha value is -3.00. The van der Waals surface area contributed by atoms with Gasteiger partial charge in [0.2, 0.25) is 0 Å². The predicted octanol–water partition coefficient (Wildman–Crippen LogP) is 3.13. The lowest BCUT2D eigenvalue weighted by molar-refractivity contribution is -0.121. The van der Waals surface area contributed by atoms with E-state index in [1.54, 1.807) is 11.3 Å². The van der Waals surface area contributed by atoms with E-state index < -0.39 is 0 Å². The van der Waals surface area contributed by atoms with Gasteiger partial charge in [-0.05, 0) is 49.8 Å². The molecular formula is C22H24N4O3S. The number of para-hydroxylation sites is 1. The molecule has 1 aliphatic rings. The molecule has 0 radical (unpaired) electrons. The fourth-order valence-electron chi connectivity index (χ4n) is 3.72. The number of benzene rings is 1. The molecule has 0 aliphatic heterocycles. The Morgan fingerprint density at radius 2 is 2.27 bits per heavy atom. The number of hydrogen-bond donors (Lipinski definition) is 1. The fourth-order valence-corrected chi connectivity index (χ4v) is 5.06. The number of thiophene rings is 1. The quantitative estimate of drug-likeness (QED) is 0.487. The second-order valence-corrected chi connectivity index (χ2v) is 8.56. The molecule has 2 heterocycles. The number of amides is 1. The summed E-state index contributed by atoms with van der Waals surface area (Å²) in [7, 11) is 0. The van der Waals surface area contributed by atoms with E-state index >= 15 is 0 Å². The van der Waals surface area contributed by atoms with Crippen LogP contribution >= 0.6 is 11.3 Å². The minimum atomic E-state index is -0.388. The summed E-state index contributed by atoms with van der Waals surface area (Å²) < 4.78 is 6.89. The standard InChI is InChI=1S/C22H24N4O3S/c1-3-29-17-7-5-4-6-15(17)11-24-25-19(27)12-26-13-23-21-20(22(26)28)16-9-8-14(2)10-18(16)30-21/h4-7,11,13-14H,3,8-10,12H2,1-2H3,(H,25,27)/t14-/m0/s1. The van der Waals surface area contributed by atoms with Crippen LogP contribution in [0.3, 0.4) is 0 Å². The Morgan fingerprint density at radius 3 is 3.10 bits per heavy atom. The van der Waals surface area contributed by atoms with Crippen molar-refractivity contribution in [3.05, 3.63) is 57.0 Å². The van der Waals surface area contributed by atoms with Gasteiger partial charge in [-0.3, -0.25) is 14.2 Å². The number of nitrogens with one attached hydrogen (secondary N) is 1. The van der Waals surface area contributed by atoms with E-state index in [0.29, 0.717) is 23.7 Å². The van der Waals surface area contributed by atoms with Crippen molar-refractivity contribution < 1.29 is 9.53 Å². The highest BCUT2D eigenvalue weighted by Crippen LogP contribution is 2.35. The molecule has 0 saturated heterocycles. The van der Waals surface area contributed by atoms with Gasteiger partial charge in [-0.2, -0.15) is 5.10 Å². The highest BCUT2D eigenvalue weighted by molar-refractivity contribution is 7.18. The molecule has 1 amide bonds. The molecule has 0 fully saturated rings. The number of hydrazone groups is 1. The average Bonchev–Trinajstić information content (AvgIpc) is 3.10. The van der Waals surface area contributed by atoms with Gasteiger partial charge in [-0.1, -0.05) is 19.1 Å². The fraction of sp³-hybridized carbons (Fsp3) is 0.364. The van der Waals surface area contributed by atoms with Crippen LogP contribution in [0.5, 0.6) is 5.75 Å². The summed E-state index contributed by atoms with van der Waals surface area (Å²) in [5.41, 5.74) is 4.20. The summed E-state index contributed by atoms with van der Waals surface area (Å²) in [6.45, 7) is 4.55. The second kappa shape index (κ2) is 8.79. The molecule has 1 N–H and O–H groups in total. The maximum absolute atomic E-state index is 13.0. The summed E-state index contributed by atoms with van der Waals surface area (Å²) in [6.07, 6.45) is 5.94. The SMILES string of the molecule is CCOc1ccccc1C=NNC(=O)Cn1cnc2sc3c(c2c1=O)CC[C@H](C)C3. The molecule has 1 aliphatic carbocycles. The first-order valence-electron chi connectivity index (χ1n) is 10.1. The normalized spacial score (nSPS) is 16.0. The van der Waals surface area contributed by atoms with Crippen molar-refractivity contribution in [3.63, 3.8) is 0 Å². The zero-order chi connectivity index (χ0) is 21.1. The summed E-state index contributed by atoms with van der Waals surface area (Å²) in [5, 5.41) is 4.68. The van der Waals surface area contributed by atoms with E-state index in [-0.39, 0.29) is 18.0 Å². The maximum Gasteiger partial charge on any atom is 0.262 e.